The minimum absolute atomic E-state index is 0.0902. The summed E-state index contributed by atoms with van der Waals surface area (Å²) in [4.78, 5) is 14.3. The number of ether oxygens (including phenoxy) is 1. The molecule has 0 spiro atoms. The Labute approximate surface area is 131 Å². The molecule has 0 fully saturated rings. The number of unbranched alkanes of at least 4 members (excludes halogenated alkanes) is 4. The first-order valence-corrected chi connectivity index (χ1v) is 8.81. The molecule has 4 heteroatoms. The van der Waals surface area contributed by atoms with Gasteiger partial charge in [0.1, 0.15) is 6.04 Å². The summed E-state index contributed by atoms with van der Waals surface area (Å²) in [6, 6.07) is -0.137. The number of nitrogens with one attached hydrogen (secondary N) is 1. The van der Waals surface area contributed by atoms with E-state index in [1.54, 1.807) is 0 Å². The zero-order valence-corrected chi connectivity index (χ0v) is 14.6. The molecule has 0 aliphatic heterocycles. The van der Waals surface area contributed by atoms with Crippen LogP contribution < -0.4 is 5.32 Å². The fraction of sp³-hybridized carbons (Fsp3) is 0.941. The van der Waals surface area contributed by atoms with Crippen molar-refractivity contribution in [3.8, 4) is 0 Å². The maximum atomic E-state index is 12.0. The van der Waals surface area contributed by atoms with Crippen LogP contribution in [0.2, 0.25) is 0 Å². The van der Waals surface area contributed by atoms with E-state index in [4.69, 9.17) is 4.74 Å². The van der Waals surface area contributed by atoms with E-state index in [1.165, 1.54) is 25.7 Å². The monoisotopic (exact) mass is 300 g/mol. The van der Waals surface area contributed by atoms with Crippen LogP contribution in [0.25, 0.3) is 0 Å². The molecule has 4 nitrogen and oxygen atoms in total. The summed E-state index contributed by atoms with van der Waals surface area (Å²) in [6.07, 6.45) is 7.01. The number of likely N-dealkylation sites (N-methyl/N-ethyl adjacent to an activating group) is 1. The molecule has 0 radical (unpaired) electrons. The van der Waals surface area contributed by atoms with Gasteiger partial charge in [0, 0.05) is 13.1 Å². The first-order chi connectivity index (χ1) is 10.2. The summed E-state index contributed by atoms with van der Waals surface area (Å²) in [5, 5.41) is 3.38. The highest BCUT2D eigenvalue weighted by molar-refractivity contribution is 5.75. The van der Waals surface area contributed by atoms with Crippen molar-refractivity contribution >= 4 is 5.97 Å². The molecular weight excluding hydrogens is 264 g/mol. The van der Waals surface area contributed by atoms with Crippen LogP contribution in [0, 0.1) is 0 Å². The minimum Gasteiger partial charge on any atom is -0.465 e. The van der Waals surface area contributed by atoms with Crippen LogP contribution in [0.5, 0.6) is 0 Å². The Bertz CT molecular complexity index is 243. The Morgan fingerprint density at radius 1 is 1.05 bits per heavy atom. The number of hydrogen-bond donors (Lipinski definition) is 1. The van der Waals surface area contributed by atoms with Crippen molar-refractivity contribution in [1.82, 2.24) is 10.2 Å². The molecule has 0 saturated heterocycles. The predicted octanol–water partition coefficient (Wildman–Crippen LogP) is 3.21. The van der Waals surface area contributed by atoms with Crippen molar-refractivity contribution < 1.29 is 9.53 Å². The number of nitrogens with zero attached hydrogens (tertiary/aromatic N) is 1. The molecular formula is C17H36N2O2. The Kier molecular flexibility index (Phi) is 13.9. The summed E-state index contributed by atoms with van der Waals surface area (Å²) < 4.78 is 5.18. The Morgan fingerprint density at radius 2 is 1.71 bits per heavy atom. The minimum atomic E-state index is -0.137. The third-order valence-corrected chi connectivity index (χ3v) is 3.88. The van der Waals surface area contributed by atoms with Crippen molar-refractivity contribution in [3.63, 3.8) is 0 Å². The van der Waals surface area contributed by atoms with Gasteiger partial charge in [0.2, 0.25) is 0 Å². The Morgan fingerprint density at radius 3 is 2.29 bits per heavy atom. The maximum Gasteiger partial charge on any atom is 0.323 e. The highest BCUT2D eigenvalue weighted by atomic mass is 16.5. The van der Waals surface area contributed by atoms with Gasteiger partial charge in [0.05, 0.1) is 6.61 Å². The molecule has 1 N–H and O–H groups in total. The Hall–Kier alpha value is -0.610. The van der Waals surface area contributed by atoms with Gasteiger partial charge in [-0.05, 0) is 26.4 Å². The zero-order valence-electron chi connectivity index (χ0n) is 14.6. The summed E-state index contributed by atoms with van der Waals surface area (Å²) in [7, 11) is 0. The predicted molar refractivity (Wildman–Crippen MR) is 89.6 cm³/mol. The highest BCUT2D eigenvalue weighted by Gasteiger charge is 2.18. The average molecular weight is 300 g/mol. The van der Waals surface area contributed by atoms with Crippen LogP contribution in [0.3, 0.4) is 0 Å². The number of rotatable bonds is 14. The van der Waals surface area contributed by atoms with Gasteiger partial charge in [0.25, 0.3) is 0 Å². The van der Waals surface area contributed by atoms with Crippen molar-refractivity contribution in [2.45, 2.75) is 72.3 Å². The molecule has 0 bridgehead atoms. The molecule has 0 aliphatic carbocycles. The maximum absolute atomic E-state index is 12.0. The standard InChI is InChI=1S/C17H36N2O2/c1-5-9-10-11-12-13-16(17(20)21-8-4)18-14-15-19(6-2)7-3/h16,18H,5-15H2,1-4H3. The second-order valence-corrected chi connectivity index (χ2v) is 5.49. The third-order valence-electron chi connectivity index (χ3n) is 3.88. The van der Waals surface area contributed by atoms with E-state index in [-0.39, 0.29) is 12.0 Å². The van der Waals surface area contributed by atoms with Crippen molar-refractivity contribution in [3.05, 3.63) is 0 Å². The lowest BCUT2D eigenvalue weighted by Gasteiger charge is -2.21. The van der Waals surface area contributed by atoms with Gasteiger partial charge in [-0.2, -0.15) is 0 Å². The van der Waals surface area contributed by atoms with E-state index in [0.717, 1.165) is 39.0 Å². The molecule has 0 aromatic rings. The summed E-state index contributed by atoms with van der Waals surface area (Å²) in [6.45, 7) is 12.8. The van der Waals surface area contributed by atoms with Gasteiger partial charge in [-0.15, -0.1) is 0 Å². The van der Waals surface area contributed by atoms with Crippen molar-refractivity contribution in [2.75, 3.05) is 32.8 Å². The molecule has 0 amide bonds. The topological polar surface area (TPSA) is 41.6 Å². The summed E-state index contributed by atoms with van der Waals surface area (Å²) in [5.74, 6) is -0.0902. The van der Waals surface area contributed by atoms with E-state index in [9.17, 15) is 4.79 Å². The smallest absolute Gasteiger partial charge is 0.323 e. The summed E-state index contributed by atoms with van der Waals surface area (Å²) in [5.41, 5.74) is 0. The Balaban J connectivity index is 4.05. The average Bonchev–Trinajstić information content (AvgIpc) is 2.49. The van der Waals surface area contributed by atoms with Gasteiger partial charge in [-0.3, -0.25) is 4.79 Å². The SMILES string of the molecule is CCCCCCCC(NCCN(CC)CC)C(=O)OCC. The van der Waals surface area contributed by atoms with Crippen LogP contribution >= 0.6 is 0 Å². The molecule has 0 aromatic heterocycles. The zero-order chi connectivity index (χ0) is 15.9. The number of hydrogen-bond acceptors (Lipinski definition) is 4. The number of esters is 1. The molecule has 0 aromatic carbocycles. The third kappa shape index (κ3) is 10.7. The number of carbonyl (C=O) groups is 1. The fourth-order valence-corrected chi connectivity index (χ4v) is 2.43. The van der Waals surface area contributed by atoms with Gasteiger partial charge in [0.15, 0.2) is 0 Å². The van der Waals surface area contributed by atoms with Gasteiger partial charge >= 0.3 is 5.97 Å². The van der Waals surface area contributed by atoms with Crippen LogP contribution in [-0.2, 0) is 9.53 Å². The fourth-order valence-electron chi connectivity index (χ4n) is 2.43. The lowest BCUT2D eigenvalue weighted by Crippen LogP contribution is -2.42. The van der Waals surface area contributed by atoms with Gasteiger partial charge in [-0.25, -0.2) is 0 Å². The molecule has 0 rings (SSSR count). The van der Waals surface area contributed by atoms with Crippen LogP contribution in [0.15, 0.2) is 0 Å². The number of carbonyl (C=O) groups excluding carboxylic acids is 1. The lowest BCUT2D eigenvalue weighted by molar-refractivity contribution is -0.145. The second kappa shape index (κ2) is 14.3. The molecule has 126 valence electrons. The second-order valence-electron chi connectivity index (χ2n) is 5.49. The van der Waals surface area contributed by atoms with E-state index in [0.29, 0.717) is 6.61 Å². The molecule has 1 atom stereocenters. The van der Waals surface area contributed by atoms with E-state index >= 15 is 0 Å². The first-order valence-electron chi connectivity index (χ1n) is 8.81. The molecule has 0 heterocycles. The van der Waals surface area contributed by atoms with Gasteiger partial charge < -0.3 is 15.0 Å². The van der Waals surface area contributed by atoms with Crippen molar-refractivity contribution in [1.29, 1.82) is 0 Å². The van der Waals surface area contributed by atoms with E-state index in [1.807, 2.05) is 6.92 Å². The van der Waals surface area contributed by atoms with E-state index < -0.39 is 0 Å². The van der Waals surface area contributed by atoms with Crippen LogP contribution in [-0.4, -0.2) is 49.7 Å². The summed E-state index contributed by atoms with van der Waals surface area (Å²) >= 11 is 0. The largest absolute Gasteiger partial charge is 0.465 e. The molecule has 1 unspecified atom stereocenters. The van der Waals surface area contributed by atoms with Crippen LogP contribution in [0.4, 0.5) is 0 Å². The molecule has 0 saturated carbocycles. The normalized spacial score (nSPS) is 12.6. The first kappa shape index (κ1) is 20.4. The highest BCUT2D eigenvalue weighted by Crippen LogP contribution is 2.08. The molecule has 0 aliphatic rings. The van der Waals surface area contributed by atoms with Crippen molar-refractivity contribution in [2.24, 2.45) is 0 Å². The van der Waals surface area contributed by atoms with Gasteiger partial charge in [-0.1, -0.05) is 52.9 Å². The van der Waals surface area contributed by atoms with Crippen LogP contribution in [0.1, 0.15) is 66.2 Å². The molecule has 21 heavy (non-hydrogen) atoms. The quantitative estimate of drug-likeness (QED) is 0.395. The van der Waals surface area contributed by atoms with E-state index in [2.05, 4.69) is 31.0 Å². The lowest BCUT2D eigenvalue weighted by atomic mass is 10.1.